The van der Waals surface area contributed by atoms with Crippen molar-refractivity contribution in [1.29, 1.82) is 0 Å². The summed E-state index contributed by atoms with van der Waals surface area (Å²) in [6.07, 6.45) is 2.01. The number of benzene rings is 1. The molecule has 0 amide bonds. The molecule has 0 aliphatic heterocycles. The minimum Gasteiger partial charge on any atom is -0.392 e. The van der Waals surface area contributed by atoms with E-state index in [0.717, 1.165) is 23.5 Å². The molecule has 0 atom stereocenters. The topological polar surface area (TPSA) is 50.1 Å². The lowest BCUT2D eigenvalue weighted by Gasteiger charge is -2.06. The molecule has 1 aromatic heterocycles. The number of hydrogen-bond donors (Lipinski definition) is 2. The molecule has 1 heterocycles. The van der Waals surface area contributed by atoms with Gasteiger partial charge in [-0.1, -0.05) is 12.1 Å². The molecule has 17 heavy (non-hydrogen) atoms. The SMILES string of the molecule is Cc1nn(C)cc1CNc1cccc(CO)c1. The maximum absolute atomic E-state index is 9.05. The van der Waals surface area contributed by atoms with Crippen LogP contribution in [0.25, 0.3) is 0 Å². The van der Waals surface area contributed by atoms with Crippen molar-refractivity contribution in [3.63, 3.8) is 0 Å². The molecule has 4 nitrogen and oxygen atoms in total. The van der Waals surface area contributed by atoms with Crippen LogP contribution < -0.4 is 5.32 Å². The van der Waals surface area contributed by atoms with E-state index in [0.29, 0.717) is 0 Å². The molecule has 0 saturated heterocycles. The molecular weight excluding hydrogens is 214 g/mol. The van der Waals surface area contributed by atoms with Gasteiger partial charge in [0.15, 0.2) is 0 Å². The zero-order chi connectivity index (χ0) is 12.3. The van der Waals surface area contributed by atoms with Crippen LogP contribution in [0, 0.1) is 6.92 Å². The Morgan fingerprint density at radius 2 is 2.24 bits per heavy atom. The van der Waals surface area contributed by atoms with Gasteiger partial charge in [-0.25, -0.2) is 0 Å². The van der Waals surface area contributed by atoms with Crippen molar-refractivity contribution in [1.82, 2.24) is 9.78 Å². The van der Waals surface area contributed by atoms with E-state index in [4.69, 9.17) is 5.11 Å². The van der Waals surface area contributed by atoms with E-state index in [-0.39, 0.29) is 6.61 Å². The third-order valence-electron chi connectivity index (χ3n) is 2.71. The number of anilines is 1. The van der Waals surface area contributed by atoms with Crippen molar-refractivity contribution in [2.24, 2.45) is 7.05 Å². The van der Waals surface area contributed by atoms with Crippen molar-refractivity contribution >= 4 is 5.69 Å². The molecule has 0 aliphatic rings. The lowest BCUT2D eigenvalue weighted by Crippen LogP contribution is -2.00. The number of aliphatic hydroxyl groups excluding tert-OH is 1. The second-order valence-corrected chi connectivity index (χ2v) is 4.13. The van der Waals surface area contributed by atoms with Crippen LogP contribution in [0.2, 0.25) is 0 Å². The standard InChI is InChI=1S/C13H17N3O/c1-10-12(8-16(2)15-10)7-14-13-5-3-4-11(6-13)9-17/h3-6,8,14,17H,7,9H2,1-2H3. The van der Waals surface area contributed by atoms with E-state index in [2.05, 4.69) is 10.4 Å². The zero-order valence-electron chi connectivity index (χ0n) is 10.1. The summed E-state index contributed by atoms with van der Waals surface area (Å²) in [7, 11) is 1.92. The second-order valence-electron chi connectivity index (χ2n) is 4.13. The molecule has 1 aromatic carbocycles. The number of aryl methyl sites for hydroxylation is 2. The van der Waals surface area contributed by atoms with Crippen LogP contribution in [0.15, 0.2) is 30.5 Å². The lowest BCUT2D eigenvalue weighted by atomic mass is 10.2. The molecule has 2 N–H and O–H groups in total. The Labute approximate surface area is 101 Å². The van der Waals surface area contributed by atoms with Gasteiger partial charge in [0.25, 0.3) is 0 Å². The first-order valence-electron chi connectivity index (χ1n) is 5.62. The number of aromatic nitrogens is 2. The van der Waals surface area contributed by atoms with Gasteiger partial charge in [-0.3, -0.25) is 4.68 Å². The summed E-state index contributed by atoms with van der Waals surface area (Å²) < 4.78 is 1.82. The number of aliphatic hydroxyl groups is 1. The Bertz CT molecular complexity index is 505. The third kappa shape index (κ3) is 2.85. The summed E-state index contributed by atoms with van der Waals surface area (Å²) in [5, 5.41) is 16.7. The molecule has 0 radical (unpaired) electrons. The van der Waals surface area contributed by atoms with E-state index >= 15 is 0 Å². The fourth-order valence-electron chi connectivity index (χ4n) is 1.80. The molecule has 0 fully saturated rings. The van der Waals surface area contributed by atoms with Gasteiger partial charge in [0, 0.05) is 31.0 Å². The van der Waals surface area contributed by atoms with Gasteiger partial charge in [-0.15, -0.1) is 0 Å². The molecule has 2 aromatic rings. The molecule has 2 rings (SSSR count). The zero-order valence-corrected chi connectivity index (χ0v) is 10.1. The monoisotopic (exact) mass is 231 g/mol. The molecule has 0 bridgehead atoms. The molecule has 90 valence electrons. The van der Waals surface area contributed by atoms with Gasteiger partial charge in [-0.05, 0) is 24.6 Å². The number of nitrogens with one attached hydrogen (secondary N) is 1. The van der Waals surface area contributed by atoms with Gasteiger partial charge < -0.3 is 10.4 Å². The molecule has 0 unspecified atom stereocenters. The maximum atomic E-state index is 9.05. The number of hydrogen-bond acceptors (Lipinski definition) is 3. The fraction of sp³-hybridized carbons (Fsp3) is 0.308. The molecular formula is C13H17N3O. The summed E-state index contributed by atoms with van der Waals surface area (Å²) in [4.78, 5) is 0. The highest BCUT2D eigenvalue weighted by Crippen LogP contribution is 2.13. The van der Waals surface area contributed by atoms with Crippen LogP contribution in [0.4, 0.5) is 5.69 Å². The van der Waals surface area contributed by atoms with Gasteiger partial charge in [0.1, 0.15) is 0 Å². The molecule has 0 spiro atoms. The predicted octanol–water partition coefficient (Wildman–Crippen LogP) is 1.83. The Balaban J connectivity index is 2.04. The predicted molar refractivity (Wildman–Crippen MR) is 67.6 cm³/mol. The average Bonchev–Trinajstić information content (AvgIpc) is 2.65. The van der Waals surface area contributed by atoms with Crippen LogP contribution in [0.5, 0.6) is 0 Å². The lowest BCUT2D eigenvalue weighted by molar-refractivity contribution is 0.282. The Morgan fingerprint density at radius 3 is 2.88 bits per heavy atom. The summed E-state index contributed by atoms with van der Waals surface area (Å²) >= 11 is 0. The van der Waals surface area contributed by atoms with E-state index < -0.39 is 0 Å². The van der Waals surface area contributed by atoms with Crippen molar-refractivity contribution in [3.05, 3.63) is 47.3 Å². The fourth-order valence-corrected chi connectivity index (χ4v) is 1.80. The first-order valence-corrected chi connectivity index (χ1v) is 5.62. The summed E-state index contributed by atoms with van der Waals surface area (Å²) in [5.41, 5.74) is 4.15. The average molecular weight is 231 g/mol. The van der Waals surface area contributed by atoms with Crippen LogP contribution in [-0.2, 0) is 20.2 Å². The highest BCUT2D eigenvalue weighted by Gasteiger charge is 2.02. The van der Waals surface area contributed by atoms with Crippen LogP contribution in [0.1, 0.15) is 16.8 Å². The van der Waals surface area contributed by atoms with Gasteiger partial charge in [0.2, 0.25) is 0 Å². The van der Waals surface area contributed by atoms with Gasteiger partial charge >= 0.3 is 0 Å². The van der Waals surface area contributed by atoms with Crippen molar-refractivity contribution in [2.75, 3.05) is 5.32 Å². The molecule has 4 heteroatoms. The first-order chi connectivity index (χ1) is 8.19. The van der Waals surface area contributed by atoms with E-state index in [1.54, 1.807) is 0 Å². The Morgan fingerprint density at radius 1 is 1.41 bits per heavy atom. The van der Waals surface area contributed by atoms with Crippen LogP contribution in [0.3, 0.4) is 0 Å². The largest absolute Gasteiger partial charge is 0.392 e. The van der Waals surface area contributed by atoms with Crippen LogP contribution in [-0.4, -0.2) is 14.9 Å². The van der Waals surface area contributed by atoms with Crippen molar-refractivity contribution in [2.45, 2.75) is 20.1 Å². The highest BCUT2D eigenvalue weighted by atomic mass is 16.3. The first kappa shape index (κ1) is 11.7. The van der Waals surface area contributed by atoms with Gasteiger partial charge in [0.05, 0.1) is 12.3 Å². The molecule has 0 saturated carbocycles. The summed E-state index contributed by atoms with van der Waals surface area (Å²) in [6.45, 7) is 2.82. The quantitative estimate of drug-likeness (QED) is 0.844. The summed E-state index contributed by atoms with van der Waals surface area (Å²) in [6, 6.07) is 7.78. The van der Waals surface area contributed by atoms with Crippen LogP contribution >= 0.6 is 0 Å². The Hall–Kier alpha value is -1.81. The minimum absolute atomic E-state index is 0.0709. The molecule has 0 aliphatic carbocycles. The normalized spacial score (nSPS) is 10.5. The minimum atomic E-state index is 0.0709. The van der Waals surface area contributed by atoms with E-state index in [1.165, 1.54) is 5.56 Å². The smallest absolute Gasteiger partial charge is 0.0682 e. The Kier molecular flexibility index (Phi) is 3.44. The van der Waals surface area contributed by atoms with Crippen molar-refractivity contribution < 1.29 is 5.11 Å². The number of nitrogens with zero attached hydrogens (tertiary/aromatic N) is 2. The number of rotatable bonds is 4. The second kappa shape index (κ2) is 5.01. The highest BCUT2D eigenvalue weighted by molar-refractivity contribution is 5.46. The third-order valence-corrected chi connectivity index (χ3v) is 2.71. The van der Waals surface area contributed by atoms with Crippen molar-refractivity contribution in [3.8, 4) is 0 Å². The van der Waals surface area contributed by atoms with Gasteiger partial charge in [-0.2, -0.15) is 5.10 Å². The van der Waals surface area contributed by atoms with E-state index in [1.807, 2.05) is 49.1 Å². The van der Waals surface area contributed by atoms with E-state index in [9.17, 15) is 0 Å². The summed E-state index contributed by atoms with van der Waals surface area (Å²) in [5.74, 6) is 0. The maximum Gasteiger partial charge on any atom is 0.0682 e.